The molecule has 1 aliphatic rings. The van der Waals surface area contributed by atoms with Crippen LogP contribution in [0.5, 0.6) is 0 Å². The topological polar surface area (TPSA) is 54.7 Å². The summed E-state index contributed by atoms with van der Waals surface area (Å²) in [4.78, 5) is 8.35. The molecule has 3 heteroatoms. The van der Waals surface area contributed by atoms with Crippen LogP contribution in [-0.4, -0.2) is 9.97 Å². The van der Waals surface area contributed by atoms with Gasteiger partial charge in [-0.25, -0.2) is 4.98 Å². The zero-order valence-corrected chi connectivity index (χ0v) is 11.0. The molecule has 0 atom stereocenters. The van der Waals surface area contributed by atoms with Gasteiger partial charge in [0, 0.05) is 12.0 Å². The van der Waals surface area contributed by atoms with E-state index in [9.17, 15) is 0 Å². The van der Waals surface area contributed by atoms with E-state index in [-0.39, 0.29) is 0 Å². The number of hydrogen-bond acceptors (Lipinski definition) is 2. The summed E-state index contributed by atoms with van der Waals surface area (Å²) in [6.45, 7) is 2.87. The molecule has 3 nitrogen and oxygen atoms in total. The first-order valence-electron chi connectivity index (χ1n) is 6.96. The van der Waals surface area contributed by atoms with Gasteiger partial charge in [0.1, 0.15) is 5.82 Å². The average Bonchev–Trinajstić information content (AvgIpc) is 3.04. The van der Waals surface area contributed by atoms with Gasteiger partial charge in [-0.05, 0) is 37.0 Å². The van der Waals surface area contributed by atoms with Gasteiger partial charge in [0.25, 0.3) is 0 Å². The van der Waals surface area contributed by atoms with Crippen molar-refractivity contribution in [3.05, 3.63) is 29.6 Å². The summed E-state index contributed by atoms with van der Waals surface area (Å²) in [7, 11) is 0. The maximum atomic E-state index is 5.69. The maximum absolute atomic E-state index is 5.69. The first-order valence-corrected chi connectivity index (χ1v) is 6.96. The Morgan fingerprint density at radius 3 is 2.78 bits per heavy atom. The summed E-state index contributed by atoms with van der Waals surface area (Å²) in [5.41, 5.74) is 9.35. The molecule has 0 bridgehead atoms. The van der Waals surface area contributed by atoms with E-state index in [1.807, 2.05) is 0 Å². The van der Waals surface area contributed by atoms with Gasteiger partial charge in [0.15, 0.2) is 0 Å². The summed E-state index contributed by atoms with van der Waals surface area (Å²) in [5.74, 6) is 1.19. The minimum absolute atomic E-state index is 0.294. The first-order chi connectivity index (χ1) is 8.77. The molecule has 1 aromatic carbocycles. The SMILES string of the molecule is CCC1(c2nc3ccc(CN)cc3[nH]2)CCCC1. The van der Waals surface area contributed by atoms with E-state index in [0.29, 0.717) is 12.0 Å². The Morgan fingerprint density at radius 2 is 2.11 bits per heavy atom. The predicted octanol–water partition coefficient (Wildman–Crippen LogP) is 3.24. The van der Waals surface area contributed by atoms with Crippen molar-refractivity contribution in [2.45, 2.75) is 51.0 Å². The third kappa shape index (κ3) is 1.74. The standard InChI is InChI=1S/C15H21N3/c1-2-15(7-3-4-8-15)14-17-12-6-5-11(10-16)9-13(12)18-14/h5-6,9H,2-4,7-8,10,16H2,1H3,(H,17,18). The zero-order chi connectivity index (χ0) is 12.6. The molecule has 2 aromatic rings. The molecule has 3 rings (SSSR count). The van der Waals surface area contributed by atoms with E-state index < -0.39 is 0 Å². The fourth-order valence-corrected chi connectivity index (χ4v) is 3.24. The van der Waals surface area contributed by atoms with Crippen molar-refractivity contribution in [2.24, 2.45) is 5.73 Å². The van der Waals surface area contributed by atoms with Crippen molar-refractivity contribution < 1.29 is 0 Å². The Hall–Kier alpha value is -1.35. The molecule has 1 aromatic heterocycles. The molecule has 96 valence electrons. The Bertz CT molecular complexity index is 550. The van der Waals surface area contributed by atoms with Crippen LogP contribution in [-0.2, 0) is 12.0 Å². The molecule has 3 N–H and O–H groups in total. The Balaban J connectivity index is 2.07. The first kappa shape index (κ1) is 11.7. The minimum atomic E-state index is 0.294. The van der Waals surface area contributed by atoms with Crippen LogP contribution in [0.3, 0.4) is 0 Å². The van der Waals surface area contributed by atoms with Gasteiger partial charge in [0.2, 0.25) is 0 Å². The molecule has 18 heavy (non-hydrogen) atoms. The van der Waals surface area contributed by atoms with Gasteiger partial charge in [-0.15, -0.1) is 0 Å². The lowest BCUT2D eigenvalue weighted by Crippen LogP contribution is -2.22. The van der Waals surface area contributed by atoms with Crippen molar-refractivity contribution in [1.82, 2.24) is 9.97 Å². The number of hydrogen-bond donors (Lipinski definition) is 2. The predicted molar refractivity (Wildman–Crippen MR) is 74.4 cm³/mol. The third-order valence-corrected chi connectivity index (χ3v) is 4.52. The third-order valence-electron chi connectivity index (χ3n) is 4.52. The number of aromatic amines is 1. The van der Waals surface area contributed by atoms with Crippen LogP contribution in [0.1, 0.15) is 50.4 Å². The average molecular weight is 243 g/mol. The molecule has 0 radical (unpaired) electrons. The van der Waals surface area contributed by atoms with Crippen LogP contribution in [0.25, 0.3) is 11.0 Å². The number of imidazole rings is 1. The number of nitrogens with two attached hydrogens (primary N) is 1. The Kier molecular flexibility index (Phi) is 2.86. The Morgan fingerprint density at radius 1 is 1.33 bits per heavy atom. The molecule has 1 saturated carbocycles. The van der Waals surface area contributed by atoms with Crippen molar-refractivity contribution >= 4 is 11.0 Å². The van der Waals surface area contributed by atoms with Gasteiger partial charge in [-0.2, -0.15) is 0 Å². The number of H-pyrrole nitrogens is 1. The van der Waals surface area contributed by atoms with E-state index in [4.69, 9.17) is 10.7 Å². The van der Waals surface area contributed by atoms with Crippen molar-refractivity contribution in [2.75, 3.05) is 0 Å². The monoisotopic (exact) mass is 243 g/mol. The normalized spacial score (nSPS) is 18.6. The molecular formula is C15H21N3. The largest absolute Gasteiger partial charge is 0.341 e. The number of aromatic nitrogens is 2. The maximum Gasteiger partial charge on any atom is 0.113 e. The van der Waals surface area contributed by atoms with Gasteiger partial charge in [-0.3, -0.25) is 0 Å². The summed E-state index contributed by atoms with van der Waals surface area (Å²) >= 11 is 0. The second kappa shape index (κ2) is 4.39. The van der Waals surface area contributed by atoms with E-state index in [1.54, 1.807) is 0 Å². The summed E-state index contributed by atoms with van der Waals surface area (Å²) in [6.07, 6.45) is 6.38. The molecule has 0 spiro atoms. The number of benzene rings is 1. The number of nitrogens with zero attached hydrogens (tertiary/aromatic N) is 1. The molecule has 1 aliphatic carbocycles. The highest BCUT2D eigenvalue weighted by Gasteiger charge is 2.36. The van der Waals surface area contributed by atoms with E-state index in [1.165, 1.54) is 37.9 Å². The summed E-state index contributed by atoms with van der Waals surface area (Å²) < 4.78 is 0. The smallest absolute Gasteiger partial charge is 0.113 e. The van der Waals surface area contributed by atoms with Gasteiger partial charge < -0.3 is 10.7 Å². The quantitative estimate of drug-likeness (QED) is 0.869. The molecule has 0 amide bonds. The highest BCUT2D eigenvalue weighted by molar-refractivity contribution is 5.76. The van der Waals surface area contributed by atoms with Crippen LogP contribution < -0.4 is 5.73 Å². The van der Waals surface area contributed by atoms with Crippen molar-refractivity contribution in [3.8, 4) is 0 Å². The van der Waals surface area contributed by atoms with Crippen LogP contribution in [0, 0.1) is 0 Å². The lowest BCUT2D eigenvalue weighted by molar-refractivity contribution is 0.403. The van der Waals surface area contributed by atoms with Crippen molar-refractivity contribution in [1.29, 1.82) is 0 Å². The highest BCUT2D eigenvalue weighted by Crippen LogP contribution is 2.42. The number of rotatable bonds is 3. The van der Waals surface area contributed by atoms with Gasteiger partial charge in [-0.1, -0.05) is 25.8 Å². The van der Waals surface area contributed by atoms with Crippen LogP contribution in [0.2, 0.25) is 0 Å². The minimum Gasteiger partial charge on any atom is -0.341 e. The molecular weight excluding hydrogens is 222 g/mol. The van der Waals surface area contributed by atoms with E-state index in [0.717, 1.165) is 16.6 Å². The second-order valence-electron chi connectivity index (χ2n) is 5.48. The van der Waals surface area contributed by atoms with E-state index in [2.05, 4.69) is 30.1 Å². The molecule has 1 heterocycles. The van der Waals surface area contributed by atoms with Gasteiger partial charge >= 0.3 is 0 Å². The lowest BCUT2D eigenvalue weighted by Gasteiger charge is -2.24. The zero-order valence-electron chi connectivity index (χ0n) is 11.0. The Labute approximate surface area is 108 Å². The molecule has 0 saturated heterocycles. The summed E-state index contributed by atoms with van der Waals surface area (Å²) in [5, 5.41) is 0. The fourth-order valence-electron chi connectivity index (χ4n) is 3.24. The van der Waals surface area contributed by atoms with Crippen molar-refractivity contribution in [3.63, 3.8) is 0 Å². The van der Waals surface area contributed by atoms with E-state index >= 15 is 0 Å². The number of nitrogens with one attached hydrogen (secondary N) is 1. The lowest BCUT2D eigenvalue weighted by atomic mass is 9.83. The number of fused-ring (bicyclic) bond motifs is 1. The van der Waals surface area contributed by atoms with Crippen LogP contribution in [0.15, 0.2) is 18.2 Å². The molecule has 0 aliphatic heterocycles. The van der Waals surface area contributed by atoms with Gasteiger partial charge in [0.05, 0.1) is 11.0 Å². The summed E-state index contributed by atoms with van der Waals surface area (Å²) in [6, 6.07) is 6.28. The highest BCUT2D eigenvalue weighted by atomic mass is 14.9. The van der Waals surface area contributed by atoms with Crippen LogP contribution in [0.4, 0.5) is 0 Å². The molecule has 1 fully saturated rings. The second-order valence-corrected chi connectivity index (χ2v) is 5.48. The molecule has 0 unspecified atom stereocenters. The fraction of sp³-hybridized carbons (Fsp3) is 0.533. The van der Waals surface area contributed by atoms with Crippen LogP contribution >= 0.6 is 0 Å².